The Balaban J connectivity index is 2.00. The summed E-state index contributed by atoms with van der Waals surface area (Å²) in [7, 11) is 0. The fourth-order valence-corrected chi connectivity index (χ4v) is 2.24. The molecule has 1 saturated heterocycles. The predicted molar refractivity (Wildman–Crippen MR) is 61.4 cm³/mol. The van der Waals surface area contributed by atoms with Crippen molar-refractivity contribution in [1.82, 2.24) is 9.88 Å². The van der Waals surface area contributed by atoms with E-state index in [-0.39, 0.29) is 0 Å². The van der Waals surface area contributed by atoms with Gasteiger partial charge in [-0.1, -0.05) is 6.07 Å². The van der Waals surface area contributed by atoms with Crippen LogP contribution in [0.2, 0.25) is 0 Å². The minimum absolute atomic E-state index is 0.468. The van der Waals surface area contributed by atoms with Crippen LogP contribution < -0.4 is 5.73 Å². The van der Waals surface area contributed by atoms with E-state index >= 15 is 0 Å². The highest BCUT2D eigenvalue weighted by atomic mass is 15.2. The Bertz CT molecular complexity index is 299. The van der Waals surface area contributed by atoms with Crippen LogP contribution in [0.1, 0.15) is 24.9 Å². The maximum absolute atomic E-state index is 5.70. The van der Waals surface area contributed by atoms with E-state index in [0.29, 0.717) is 12.0 Å². The zero-order valence-electron chi connectivity index (χ0n) is 9.26. The molecule has 0 amide bonds. The van der Waals surface area contributed by atoms with Crippen LogP contribution in [0.25, 0.3) is 0 Å². The van der Waals surface area contributed by atoms with Gasteiger partial charge in [0.15, 0.2) is 0 Å². The van der Waals surface area contributed by atoms with Gasteiger partial charge in [-0.15, -0.1) is 0 Å². The summed E-state index contributed by atoms with van der Waals surface area (Å²) in [6.45, 7) is 5.36. The van der Waals surface area contributed by atoms with Crippen LogP contribution in [0.4, 0.5) is 0 Å². The number of aromatic nitrogens is 1. The molecule has 1 aromatic heterocycles. The van der Waals surface area contributed by atoms with Crippen LogP contribution in [0.5, 0.6) is 0 Å². The molecule has 2 atom stereocenters. The number of likely N-dealkylation sites (tertiary alicyclic amines) is 1. The van der Waals surface area contributed by atoms with Gasteiger partial charge in [-0.05, 0) is 44.0 Å². The molecule has 0 saturated carbocycles. The predicted octanol–water partition coefficient (Wildman–Crippen LogP) is 1.42. The Morgan fingerprint density at radius 1 is 1.67 bits per heavy atom. The average Bonchev–Trinajstić information content (AvgIpc) is 2.78. The van der Waals surface area contributed by atoms with E-state index in [9.17, 15) is 0 Å². The smallest absolute Gasteiger partial charge is 0.0335 e. The van der Waals surface area contributed by atoms with Gasteiger partial charge in [0, 0.05) is 25.0 Å². The van der Waals surface area contributed by atoms with Crippen LogP contribution in [-0.4, -0.2) is 29.5 Å². The second-order valence-corrected chi connectivity index (χ2v) is 4.35. The van der Waals surface area contributed by atoms with Crippen molar-refractivity contribution in [3.8, 4) is 0 Å². The number of pyridine rings is 1. The summed E-state index contributed by atoms with van der Waals surface area (Å²) in [6, 6.07) is 4.62. The Labute approximate surface area is 91.3 Å². The van der Waals surface area contributed by atoms with Crippen molar-refractivity contribution in [2.45, 2.75) is 19.4 Å². The number of nitrogens with two attached hydrogens (primary N) is 1. The molecule has 3 heteroatoms. The molecule has 82 valence electrons. The van der Waals surface area contributed by atoms with Crippen molar-refractivity contribution in [3.63, 3.8) is 0 Å². The standard InChI is InChI=1S/C12H19N3/c1-10(12-3-2-5-14-8-12)15-6-4-11(7-13)9-15/h2-3,5,8,10-11H,4,6-7,9,13H2,1H3. The molecule has 1 fully saturated rings. The highest BCUT2D eigenvalue weighted by molar-refractivity contribution is 5.13. The van der Waals surface area contributed by atoms with Gasteiger partial charge in [0.1, 0.15) is 0 Å². The molecule has 0 spiro atoms. The fourth-order valence-electron chi connectivity index (χ4n) is 2.24. The van der Waals surface area contributed by atoms with Crippen molar-refractivity contribution in [3.05, 3.63) is 30.1 Å². The van der Waals surface area contributed by atoms with Gasteiger partial charge in [0.05, 0.1) is 0 Å². The first-order chi connectivity index (χ1) is 7.31. The molecule has 1 aliphatic heterocycles. The number of nitrogens with zero attached hydrogens (tertiary/aromatic N) is 2. The van der Waals surface area contributed by atoms with E-state index in [1.807, 2.05) is 18.5 Å². The summed E-state index contributed by atoms with van der Waals surface area (Å²) in [5.74, 6) is 0.684. The molecule has 1 aromatic rings. The number of hydrogen-bond donors (Lipinski definition) is 1. The molecule has 0 aromatic carbocycles. The zero-order valence-corrected chi connectivity index (χ0v) is 9.26. The van der Waals surface area contributed by atoms with E-state index in [2.05, 4.69) is 22.9 Å². The number of hydrogen-bond acceptors (Lipinski definition) is 3. The first kappa shape index (κ1) is 10.6. The van der Waals surface area contributed by atoms with Gasteiger partial charge in [-0.25, -0.2) is 0 Å². The van der Waals surface area contributed by atoms with Crippen molar-refractivity contribution < 1.29 is 0 Å². The van der Waals surface area contributed by atoms with Crippen molar-refractivity contribution in [1.29, 1.82) is 0 Å². The highest BCUT2D eigenvalue weighted by Gasteiger charge is 2.25. The third-order valence-electron chi connectivity index (χ3n) is 3.37. The normalized spacial score (nSPS) is 24.3. The Morgan fingerprint density at radius 2 is 2.53 bits per heavy atom. The zero-order chi connectivity index (χ0) is 10.7. The van der Waals surface area contributed by atoms with Gasteiger partial charge >= 0.3 is 0 Å². The first-order valence-corrected chi connectivity index (χ1v) is 5.65. The molecular formula is C12H19N3. The van der Waals surface area contributed by atoms with Gasteiger partial charge in [0.25, 0.3) is 0 Å². The molecular weight excluding hydrogens is 186 g/mol. The third kappa shape index (κ3) is 2.36. The van der Waals surface area contributed by atoms with Crippen LogP contribution in [-0.2, 0) is 0 Å². The van der Waals surface area contributed by atoms with Gasteiger partial charge < -0.3 is 5.73 Å². The molecule has 2 rings (SSSR count). The summed E-state index contributed by atoms with van der Waals surface area (Å²) in [5.41, 5.74) is 7.00. The molecule has 2 unspecified atom stereocenters. The Morgan fingerprint density at radius 3 is 3.13 bits per heavy atom. The summed E-state index contributed by atoms with van der Waals surface area (Å²) in [4.78, 5) is 6.66. The second-order valence-electron chi connectivity index (χ2n) is 4.35. The third-order valence-corrected chi connectivity index (χ3v) is 3.37. The second kappa shape index (κ2) is 4.73. The summed E-state index contributed by atoms with van der Waals surface area (Å²) >= 11 is 0. The van der Waals surface area contributed by atoms with E-state index < -0.39 is 0 Å². The molecule has 2 heterocycles. The summed E-state index contributed by atoms with van der Waals surface area (Å²) in [5, 5.41) is 0. The Kier molecular flexibility index (Phi) is 3.34. The minimum atomic E-state index is 0.468. The molecule has 0 radical (unpaired) electrons. The van der Waals surface area contributed by atoms with E-state index in [0.717, 1.165) is 19.6 Å². The molecule has 15 heavy (non-hydrogen) atoms. The summed E-state index contributed by atoms with van der Waals surface area (Å²) < 4.78 is 0. The van der Waals surface area contributed by atoms with Crippen LogP contribution in [0.3, 0.4) is 0 Å². The van der Waals surface area contributed by atoms with Crippen LogP contribution in [0, 0.1) is 5.92 Å². The van der Waals surface area contributed by atoms with E-state index in [1.54, 1.807) is 0 Å². The maximum Gasteiger partial charge on any atom is 0.0335 e. The number of rotatable bonds is 3. The maximum atomic E-state index is 5.70. The quantitative estimate of drug-likeness (QED) is 0.811. The van der Waals surface area contributed by atoms with Crippen molar-refractivity contribution >= 4 is 0 Å². The minimum Gasteiger partial charge on any atom is -0.330 e. The molecule has 3 nitrogen and oxygen atoms in total. The first-order valence-electron chi connectivity index (χ1n) is 5.65. The fraction of sp³-hybridized carbons (Fsp3) is 0.583. The highest BCUT2D eigenvalue weighted by Crippen LogP contribution is 2.26. The SMILES string of the molecule is CC(c1cccnc1)N1CCC(CN)C1. The monoisotopic (exact) mass is 205 g/mol. The topological polar surface area (TPSA) is 42.2 Å². The Hall–Kier alpha value is -0.930. The van der Waals surface area contributed by atoms with Crippen LogP contribution in [0.15, 0.2) is 24.5 Å². The lowest BCUT2D eigenvalue weighted by molar-refractivity contribution is 0.253. The lowest BCUT2D eigenvalue weighted by atomic mass is 10.1. The van der Waals surface area contributed by atoms with Gasteiger partial charge in [-0.3, -0.25) is 9.88 Å². The molecule has 0 aliphatic carbocycles. The summed E-state index contributed by atoms with van der Waals surface area (Å²) in [6.07, 6.45) is 5.02. The lowest BCUT2D eigenvalue weighted by Crippen LogP contribution is -2.26. The van der Waals surface area contributed by atoms with Gasteiger partial charge in [-0.2, -0.15) is 0 Å². The molecule has 1 aliphatic rings. The van der Waals surface area contributed by atoms with E-state index in [4.69, 9.17) is 5.73 Å². The lowest BCUT2D eigenvalue weighted by Gasteiger charge is -2.24. The largest absolute Gasteiger partial charge is 0.330 e. The van der Waals surface area contributed by atoms with Crippen molar-refractivity contribution in [2.24, 2.45) is 11.7 Å². The molecule has 0 bridgehead atoms. The van der Waals surface area contributed by atoms with E-state index in [1.165, 1.54) is 12.0 Å². The van der Waals surface area contributed by atoms with Crippen LogP contribution >= 0.6 is 0 Å². The average molecular weight is 205 g/mol. The van der Waals surface area contributed by atoms with Gasteiger partial charge in [0.2, 0.25) is 0 Å². The van der Waals surface area contributed by atoms with Crippen molar-refractivity contribution in [2.75, 3.05) is 19.6 Å². The molecule has 2 N–H and O–H groups in total.